The van der Waals surface area contributed by atoms with Crippen LogP contribution in [-0.4, -0.2) is 38.1 Å². The van der Waals surface area contributed by atoms with Crippen LogP contribution in [0.15, 0.2) is 42.5 Å². The van der Waals surface area contributed by atoms with E-state index in [1.807, 2.05) is 24.3 Å². The van der Waals surface area contributed by atoms with Gasteiger partial charge < -0.3 is 4.90 Å². The van der Waals surface area contributed by atoms with Crippen LogP contribution in [0.3, 0.4) is 0 Å². The van der Waals surface area contributed by atoms with E-state index in [4.69, 9.17) is 0 Å². The fraction of sp³-hybridized carbons (Fsp3) is 0.316. The Morgan fingerprint density at radius 1 is 1.25 bits per heavy atom. The predicted molar refractivity (Wildman–Crippen MR) is 107 cm³/mol. The maximum absolute atomic E-state index is 13.2. The monoisotopic (exact) mass is 403 g/mol. The van der Waals surface area contributed by atoms with Gasteiger partial charge in [-0.15, -0.1) is 0 Å². The highest BCUT2D eigenvalue weighted by molar-refractivity contribution is 7.92. The van der Waals surface area contributed by atoms with E-state index >= 15 is 0 Å². The van der Waals surface area contributed by atoms with Crippen molar-refractivity contribution in [1.29, 1.82) is 0 Å². The Bertz CT molecular complexity index is 1050. The van der Waals surface area contributed by atoms with Crippen molar-refractivity contribution in [2.75, 3.05) is 22.0 Å². The second-order valence-corrected chi connectivity index (χ2v) is 8.69. The predicted octanol–water partition coefficient (Wildman–Crippen LogP) is 2.65. The number of aryl methyl sites for hydroxylation is 1. The topological polar surface area (TPSA) is 101 Å². The first-order valence-corrected chi connectivity index (χ1v) is 10.6. The summed E-state index contributed by atoms with van der Waals surface area (Å²) in [5, 5.41) is 11.1. The lowest BCUT2D eigenvalue weighted by Crippen LogP contribution is -2.49. The molecule has 1 amide bonds. The number of nitrogens with zero attached hydrogens (tertiary/aromatic N) is 3. The van der Waals surface area contributed by atoms with Gasteiger partial charge in [-0.25, -0.2) is 8.42 Å². The maximum Gasteiger partial charge on any atom is 0.271 e. The lowest BCUT2D eigenvalue weighted by atomic mass is 10.1. The number of nitro groups is 1. The number of rotatable bonds is 5. The molecule has 1 atom stereocenters. The maximum atomic E-state index is 13.2. The Morgan fingerprint density at radius 2 is 1.93 bits per heavy atom. The van der Waals surface area contributed by atoms with Crippen LogP contribution < -0.4 is 9.21 Å². The second-order valence-electron chi connectivity index (χ2n) is 6.83. The molecule has 9 heteroatoms. The standard InChI is InChI=1S/C19H21N3O5S/c1-13-8-9-16(22(24)25)12-18(13)21(28(3,26)27)14(2)19(23)20-11-10-15-6-4-5-7-17(15)20/h4-9,12,14H,10-11H2,1-3H3/t14-/m1/s1. The molecule has 0 fully saturated rings. The van der Waals surface area contributed by atoms with Crippen molar-refractivity contribution in [1.82, 2.24) is 0 Å². The van der Waals surface area contributed by atoms with E-state index in [1.54, 1.807) is 11.8 Å². The van der Waals surface area contributed by atoms with Crippen LogP contribution in [0.2, 0.25) is 0 Å². The van der Waals surface area contributed by atoms with Gasteiger partial charge in [0.15, 0.2) is 0 Å². The summed E-state index contributed by atoms with van der Waals surface area (Å²) in [6.07, 6.45) is 1.69. The van der Waals surface area contributed by atoms with Crippen molar-refractivity contribution >= 4 is 33.0 Å². The van der Waals surface area contributed by atoms with E-state index in [-0.39, 0.29) is 17.3 Å². The lowest BCUT2D eigenvalue weighted by molar-refractivity contribution is -0.384. The summed E-state index contributed by atoms with van der Waals surface area (Å²) < 4.78 is 26.1. The van der Waals surface area contributed by atoms with Crippen molar-refractivity contribution in [2.45, 2.75) is 26.3 Å². The van der Waals surface area contributed by atoms with Gasteiger partial charge in [0.2, 0.25) is 10.0 Å². The minimum atomic E-state index is -3.87. The smallest absolute Gasteiger partial charge is 0.271 e. The number of non-ortho nitro benzene ring substituents is 1. The third-order valence-corrected chi connectivity index (χ3v) is 6.09. The number of amides is 1. The normalized spacial score (nSPS) is 14.5. The van der Waals surface area contributed by atoms with Gasteiger partial charge >= 0.3 is 0 Å². The Hall–Kier alpha value is -2.94. The number of carbonyl (C=O) groups is 1. The van der Waals surface area contributed by atoms with E-state index in [0.717, 1.165) is 21.8 Å². The Morgan fingerprint density at radius 3 is 2.57 bits per heavy atom. The highest BCUT2D eigenvalue weighted by atomic mass is 32.2. The molecule has 0 aromatic heterocycles. The second kappa shape index (κ2) is 7.23. The zero-order valence-electron chi connectivity index (χ0n) is 15.8. The largest absolute Gasteiger partial charge is 0.310 e. The van der Waals surface area contributed by atoms with E-state index in [2.05, 4.69) is 0 Å². The van der Waals surface area contributed by atoms with Crippen molar-refractivity contribution in [2.24, 2.45) is 0 Å². The van der Waals surface area contributed by atoms with Gasteiger partial charge in [0.05, 0.1) is 16.9 Å². The number of para-hydroxylation sites is 1. The molecule has 0 radical (unpaired) electrons. The first-order valence-electron chi connectivity index (χ1n) is 8.75. The molecule has 1 aliphatic rings. The van der Waals surface area contributed by atoms with Crippen molar-refractivity contribution in [3.05, 3.63) is 63.7 Å². The third-order valence-electron chi connectivity index (χ3n) is 4.86. The molecular formula is C19H21N3O5S. The zero-order valence-corrected chi connectivity index (χ0v) is 16.6. The molecule has 8 nitrogen and oxygen atoms in total. The van der Waals surface area contributed by atoms with Gasteiger partial charge in [-0.05, 0) is 37.5 Å². The van der Waals surface area contributed by atoms with E-state index < -0.39 is 21.0 Å². The summed E-state index contributed by atoms with van der Waals surface area (Å²) in [5.41, 5.74) is 2.21. The number of hydrogen-bond acceptors (Lipinski definition) is 5. The molecule has 1 heterocycles. The number of anilines is 2. The first-order chi connectivity index (χ1) is 13.1. The minimum Gasteiger partial charge on any atom is -0.310 e. The fourth-order valence-electron chi connectivity index (χ4n) is 3.52. The van der Waals surface area contributed by atoms with Crippen LogP contribution in [0.1, 0.15) is 18.1 Å². The molecule has 148 valence electrons. The molecule has 1 aliphatic heterocycles. The van der Waals surface area contributed by atoms with Gasteiger partial charge in [0.1, 0.15) is 6.04 Å². The molecule has 0 aliphatic carbocycles. The van der Waals surface area contributed by atoms with Crippen LogP contribution in [0.4, 0.5) is 17.1 Å². The molecule has 2 aromatic carbocycles. The molecular weight excluding hydrogens is 382 g/mol. The zero-order chi connectivity index (χ0) is 20.6. The lowest BCUT2D eigenvalue weighted by Gasteiger charge is -2.32. The van der Waals surface area contributed by atoms with E-state index in [9.17, 15) is 23.3 Å². The molecule has 0 unspecified atom stereocenters. The molecule has 0 spiro atoms. The highest BCUT2D eigenvalue weighted by Gasteiger charge is 2.36. The average Bonchev–Trinajstić information content (AvgIpc) is 3.05. The molecule has 0 saturated heterocycles. The number of fused-ring (bicyclic) bond motifs is 1. The van der Waals surface area contributed by atoms with Crippen LogP contribution in [0.25, 0.3) is 0 Å². The Labute approximate surface area is 163 Å². The van der Waals surface area contributed by atoms with Crippen molar-refractivity contribution < 1.29 is 18.1 Å². The summed E-state index contributed by atoms with van der Waals surface area (Å²) in [5.74, 6) is -0.374. The molecule has 2 aromatic rings. The van der Waals surface area contributed by atoms with Crippen molar-refractivity contribution in [3.8, 4) is 0 Å². The summed E-state index contributed by atoms with van der Waals surface area (Å²) >= 11 is 0. The average molecular weight is 403 g/mol. The molecule has 28 heavy (non-hydrogen) atoms. The van der Waals surface area contributed by atoms with E-state index in [0.29, 0.717) is 18.5 Å². The fourth-order valence-corrected chi connectivity index (χ4v) is 4.73. The van der Waals surface area contributed by atoms with Crippen LogP contribution in [-0.2, 0) is 21.2 Å². The number of hydrogen-bond donors (Lipinski definition) is 0. The SMILES string of the molecule is Cc1ccc([N+](=O)[O-])cc1N([C@H](C)C(=O)N1CCc2ccccc21)S(C)(=O)=O. The number of nitro benzene ring substituents is 1. The third kappa shape index (κ3) is 3.57. The van der Waals surface area contributed by atoms with Crippen LogP contribution in [0, 0.1) is 17.0 Å². The highest BCUT2D eigenvalue weighted by Crippen LogP contribution is 2.32. The van der Waals surface area contributed by atoms with Crippen LogP contribution >= 0.6 is 0 Å². The van der Waals surface area contributed by atoms with Gasteiger partial charge in [0.25, 0.3) is 11.6 Å². The first kappa shape index (κ1) is 19.8. The van der Waals surface area contributed by atoms with E-state index in [1.165, 1.54) is 25.1 Å². The summed E-state index contributed by atoms with van der Waals surface area (Å²) in [6, 6.07) is 10.4. The summed E-state index contributed by atoms with van der Waals surface area (Å²) in [7, 11) is -3.87. The number of benzene rings is 2. The Balaban J connectivity index is 2.03. The number of sulfonamides is 1. The van der Waals surface area contributed by atoms with Gasteiger partial charge in [-0.2, -0.15) is 0 Å². The molecule has 3 rings (SSSR count). The minimum absolute atomic E-state index is 0.130. The Kier molecular flexibility index (Phi) is 5.12. The van der Waals surface area contributed by atoms with Gasteiger partial charge in [-0.1, -0.05) is 24.3 Å². The quantitative estimate of drug-likeness (QED) is 0.564. The van der Waals surface area contributed by atoms with Gasteiger partial charge in [-0.3, -0.25) is 19.2 Å². The molecule has 0 saturated carbocycles. The summed E-state index contributed by atoms with van der Waals surface area (Å²) in [4.78, 5) is 25.3. The van der Waals surface area contributed by atoms with Crippen molar-refractivity contribution in [3.63, 3.8) is 0 Å². The molecule has 0 N–H and O–H groups in total. The molecule has 0 bridgehead atoms. The number of carbonyl (C=O) groups excluding carboxylic acids is 1. The van der Waals surface area contributed by atoms with Crippen LogP contribution in [0.5, 0.6) is 0 Å². The van der Waals surface area contributed by atoms with Gasteiger partial charge in [0, 0.05) is 24.4 Å². The summed E-state index contributed by atoms with van der Waals surface area (Å²) in [6.45, 7) is 3.62.